The van der Waals surface area contributed by atoms with Crippen molar-refractivity contribution in [1.29, 1.82) is 0 Å². The van der Waals surface area contributed by atoms with Crippen LogP contribution in [-0.4, -0.2) is 42.9 Å². The van der Waals surface area contributed by atoms with Crippen LogP contribution in [0, 0.1) is 12.8 Å². The molecule has 0 unspecified atom stereocenters. The second-order valence-electron chi connectivity index (χ2n) is 6.55. The van der Waals surface area contributed by atoms with Crippen molar-refractivity contribution in [3.8, 4) is 0 Å². The van der Waals surface area contributed by atoms with Crippen molar-refractivity contribution in [3.63, 3.8) is 0 Å². The SMILES string of the molecule is CCN(CC)c1ccc(NC(=O)C2CN(C(=O)c3cccs3)C2)c(C)c1. The minimum absolute atomic E-state index is 0.0149. The molecule has 0 bridgehead atoms. The smallest absolute Gasteiger partial charge is 0.263 e. The summed E-state index contributed by atoms with van der Waals surface area (Å²) in [6.07, 6.45) is 0. The van der Waals surface area contributed by atoms with Gasteiger partial charge in [-0.25, -0.2) is 0 Å². The number of thiophene rings is 1. The number of hydrogen-bond acceptors (Lipinski definition) is 4. The van der Waals surface area contributed by atoms with Gasteiger partial charge in [0, 0.05) is 37.6 Å². The van der Waals surface area contributed by atoms with Crippen molar-refractivity contribution in [2.75, 3.05) is 36.4 Å². The van der Waals surface area contributed by atoms with Gasteiger partial charge in [-0.1, -0.05) is 6.07 Å². The van der Waals surface area contributed by atoms with Crippen molar-refractivity contribution in [2.24, 2.45) is 5.92 Å². The average molecular weight is 372 g/mol. The number of nitrogens with zero attached hydrogens (tertiary/aromatic N) is 2. The fourth-order valence-electron chi connectivity index (χ4n) is 3.17. The zero-order chi connectivity index (χ0) is 18.7. The molecule has 1 aliphatic rings. The van der Waals surface area contributed by atoms with Crippen LogP contribution in [-0.2, 0) is 4.79 Å². The maximum atomic E-state index is 12.5. The highest BCUT2D eigenvalue weighted by Gasteiger charge is 2.36. The summed E-state index contributed by atoms with van der Waals surface area (Å²) in [5, 5.41) is 4.91. The summed E-state index contributed by atoms with van der Waals surface area (Å²) in [5.74, 6) is -0.136. The Bertz CT molecular complexity index is 778. The Morgan fingerprint density at radius 1 is 1.23 bits per heavy atom. The molecule has 1 aromatic carbocycles. The third-order valence-corrected chi connectivity index (χ3v) is 5.73. The van der Waals surface area contributed by atoms with E-state index < -0.39 is 0 Å². The van der Waals surface area contributed by atoms with Gasteiger partial charge < -0.3 is 15.1 Å². The Hall–Kier alpha value is -2.34. The number of hydrogen-bond donors (Lipinski definition) is 1. The van der Waals surface area contributed by atoms with Crippen LogP contribution >= 0.6 is 11.3 Å². The molecule has 2 amide bonds. The second-order valence-corrected chi connectivity index (χ2v) is 7.49. The molecule has 0 radical (unpaired) electrons. The van der Waals surface area contributed by atoms with Crippen LogP contribution in [0.5, 0.6) is 0 Å². The lowest BCUT2D eigenvalue weighted by Gasteiger charge is -2.38. The number of rotatable bonds is 6. The quantitative estimate of drug-likeness (QED) is 0.844. The Kier molecular flexibility index (Phi) is 5.61. The molecular formula is C20H25N3O2S. The summed E-state index contributed by atoms with van der Waals surface area (Å²) in [4.78, 5) is 29.4. The van der Waals surface area contributed by atoms with Gasteiger partial charge in [0.05, 0.1) is 10.8 Å². The molecule has 1 aromatic heterocycles. The molecule has 2 aromatic rings. The minimum Gasteiger partial charge on any atom is -0.372 e. The van der Waals surface area contributed by atoms with Gasteiger partial charge in [0.2, 0.25) is 5.91 Å². The van der Waals surface area contributed by atoms with E-state index in [9.17, 15) is 9.59 Å². The normalized spacial score (nSPS) is 14.0. The lowest BCUT2D eigenvalue weighted by atomic mass is 9.98. The number of nitrogens with one attached hydrogen (secondary N) is 1. The first-order valence-corrected chi connectivity index (χ1v) is 9.90. The van der Waals surface area contributed by atoms with E-state index in [0.29, 0.717) is 13.1 Å². The molecule has 3 rings (SSSR count). The van der Waals surface area contributed by atoms with Crippen LogP contribution < -0.4 is 10.2 Å². The first-order chi connectivity index (χ1) is 12.5. The average Bonchev–Trinajstić information content (AvgIpc) is 3.11. The number of aryl methyl sites for hydroxylation is 1. The van der Waals surface area contributed by atoms with E-state index in [1.54, 1.807) is 4.90 Å². The van der Waals surface area contributed by atoms with Gasteiger partial charge in [-0.3, -0.25) is 9.59 Å². The monoisotopic (exact) mass is 371 g/mol. The molecule has 1 N–H and O–H groups in total. The van der Waals surface area contributed by atoms with Gasteiger partial charge in [0.25, 0.3) is 5.91 Å². The topological polar surface area (TPSA) is 52.7 Å². The molecule has 6 heteroatoms. The number of carbonyl (C=O) groups is 2. The van der Waals surface area contributed by atoms with Gasteiger partial charge in [-0.05, 0) is 56.0 Å². The van der Waals surface area contributed by atoms with E-state index in [4.69, 9.17) is 0 Å². The van der Waals surface area contributed by atoms with Gasteiger partial charge in [0.15, 0.2) is 0 Å². The van der Waals surface area contributed by atoms with Gasteiger partial charge >= 0.3 is 0 Å². The minimum atomic E-state index is -0.138. The Morgan fingerprint density at radius 2 is 1.96 bits per heavy atom. The van der Waals surface area contributed by atoms with E-state index in [-0.39, 0.29) is 17.7 Å². The summed E-state index contributed by atoms with van der Waals surface area (Å²) < 4.78 is 0. The van der Waals surface area contributed by atoms with E-state index in [0.717, 1.165) is 29.2 Å². The molecule has 2 heterocycles. The molecule has 0 aliphatic carbocycles. The fraction of sp³-hybridized carbons (Fsp3) is 0.400. The van der Waals surface area contributed by atoms with Crippen LogP contribution in [0.15, 0.2) is 35.7 Å². The molecule has 0 spiro atoms. The fourth-order valence-corrected chi connectivity index (χ4v) is 3.87. The number of amides is 2. The largest absolute Gasteiger partial charge is 0.372 e. The number of carbonyl (C=O) groups excluding carboxylic acids is 2. The first kappa shape index (κ1) is 18.5. The van der Waals surface area contributed by atoms with E-state index in [2.05, 4.69) is 30.1 Å². The lowest BCUT2D eigenvalue weighted by Crippen LogP contribution is -2.54. The van der Waals surface area contributed by atoms with Crippen LogP contribution in [0.2, 0.25) is 0 Å². The second kappa shape index (κ2) is 7.91. The van der Waals surface area contributed by atoms with Crippen LogP contribution in [0.3, 0.4) is 0 Å². The van der Waals surface area contributed by atoms with E-state index in [1.165, 1.54) is 17.0 Å². The lowest BCUT2D eigenvalue weighted by molar-refractivity contribution is -0.123. The standard InChI is InChI=1S/C20H25N3O2S/c1-4-22(5-2)16-8-9-17(14(3)11-16)21-19(24)15-12-23(13-15)20(25)18-7-6-10-26-18/h6-11,15H,4-5,12-13H2,1-3H3,(H,21,24). The molecule has 138 valence electrons. The van der Waals surface area contributed by atoms with Crippen LogP contribution in [0.1, 0.15) is 29.1 Å². The molecule has 0 saturated carbocycles. The van der Waals surface area contributed by atoms with Crippen LogP contribution in [0.25, 0.3) is 0 Å². The van der Waals surface area contributed by atoms with Crippen molar-refractivity contribution in [2.45, 2.75) is 20.8 Å². The van der Waals surface area contributed by atoms with Crippen molar-refractivity contribution < 1.29 is 9.59 Å². The highest BCUT2D eigenvalue weighted by atomic mass is 32.1. The number of benzene rings is 1. The van der Waals surface area contributed by atoms with E-state index in [1.807, 2.05) is 36.6 Å². The summed E-state index contributed by atoms with van der Waals surface area (Å²) in [6, 6.07) is 9.81. The molecule has 1 fully saturated rings. The maximum absolute atomic E-state index is 12.5. The Balaban J connectivity index is 1.57. The Morgan fingerprint density at radius 3 is 2.54 bits per heavy atom. The molecule has 0 atom stereocenters. The Labute approximate surface area is 158 Å². The number of likely N-dealkylation sites (tertiary alicyclic amines) is 1. The van der Waals surface area contributed by atoms with Gasteiger partial charge in [-0.2, -0.15) is 0 Å². The predicted molar refractivity (Wildman–Crippen MR) is 107 cm³/mol. The maximum Gasteiger partial charge on any atom is 0.263 e. The molecular weight excluding hydrogens is 346 g/mol. The summed E-state index contributed by atoms with van der Waals surface area (Å²) >= 11 is 1.43. The molecule has 1 saturated heterocycles. The third kappa shape index (κ3) is 3.75. The van der Waals surface area contributed by atoms with Crippen molar-refractivity contribution in [3.05, 3.63) is 46.2 Å². The summed E-state index contributed by atoms with van der Waals surface area (Å²) in [7, 11) is 0. The summed E-state index contributed by atoms with van der Waals surface area (Å²) in [5.41, 5.74) is 3.06. The highest BCUT2D eigenvalue weighted by Crippen LogP contribution is 2.25. The molecule has 26 heavy (non-hydrogen) atoms. The molecule has 1 aliphatic heterocycles. The van der Waals surface area contributed by atoms with Crippen LogP contribution in [0.4, 0.5) is 11.4 Å². The van der Waals surface area contributed by atoms with Crippen molar-refractivity contribution in [1.82, 2.24) is 4.90 Å². The van der Waals surface area contributed by atoms with Gasteiger partial charge in [0.1, 0.15) is 0 Å². The highest BCUT2D eigenvalue weighted by molar-refractivity contribution is 7.12. The van der Waals surface area contributed by atoms with Gasteiger partial charge in [-0.15, -0.1) is 11.3 Å². The zero-order valence-corrected chi connectivity index (χ0v) is 16.3. The summed E-state index contributed by atoms with van der Waals surface area (Å²) in [6.45, 7) is 9.16. The predicted octanol–water partition coefficient (Wildman–Crippen LogP) is 3.61. The first-order valence-electron chi connectivity index (χ1n) is 9.02. The molecule has 5 nitrogen and oxygen atoms in total. The zero-order valence-electron chi connectivity index (χ0n) is 15.5. The third-order valence-electron chi connectivity index (χ3n) is 4.87. The van der Waals surface area contributed by atoms with Crippen molar-refractivity contribution >= 4 is 34.5 Å². The van der Waals surface area contributed by atoms with E-state index >= 15 is 0 Å². The number of anilines is 2.